The Morgan fingerprint density at radius 3 is 2.70 bits per heavy atom. The Hall–Kier alpha value is -3.88. The summed E-state index contributed by atoms with van der Waals surface area (Å²) in [6.45, 7) is 1.77. The first kappa shape index (κ1) is 19.4. The summed E-state index contributed by atoms with van der Waals surface area (Å²) >= 11 is 0. The highest BCUT2D eigenvalue weighted by molar-refractivity contribution is 5.75. The lowest BCUT2D eigenvalue weighted by molar-refractivity contribution is -0.121. The van der Waals surface area contributed by atoms with Crippen molar-refractivity contribution in [2.45, 2.75) is 20.0 Å². The molecule has 0 spiro atoms. The Kier molecular flexibility index (Phi) is 5.09. The molecule has 0 saturated heterocycles. The first-order valence-corrected chi connectivity index (χ1v) is 9.16. The fraction of sp³-hybridized carbons (Fsp3) is 0.190. The van der Waals surface area contributed by atoms with Gasteiger partial charge in [-0.3, -0.25) is 23.5 Å². The largest absolute Gasteiger partial charge is 0.454 e. The van der Waals surface area contributed by atoms with Gasteiger partial charge in [-0.15, -0.1) is 0 Å². The van der Waals surface area contributed by atoms with Crippen LogP contribution in [0.2, 0.25) is 0 Å². The number of rotatable bonds is 5. The van der Waals surface area contributed by atoms with Crippen molar-refractivity contribution in [3.8, 4) is 17.2 Å². The average molecular weight is 411 g/mol. The van der Waals surface area contributed by atoms with Crippen LogP contribution in [0.1, 0.15) is 11.1 Å². The summed E-state index contributed by atoms with van der Waals surface area (Å²) in [7, 11) is 0. The lowest BCUT2D eigenvalue weighted by Crippen LogP contribution is -2.42. The van der Waals surface area contributed by atoms with E-state index in [-0.39, 0.29) is 25.6 Å². The number of aromatic nitrogens is 2. The van der Waals surface area contributed by atoms with Crippen LogP contribution < -0.4 is 25.9 Å². The molecule has 3 aromatic rings. The molecule has 0 atom stereocenters. The summed E-state index contributed by atoms with van der Waals surface area (Å²) < 4.78 is 26.2. The van der Waals surface area contributed by atoms with E-state index >= 15 is 0 Å². The monoisotopic (exact) mass is 411 g/mol. The highest BCUT2D eigenvalue weighted by Crippen LogP contribution is 2.32. The molecule has 1 amide bonds. The fourth-order valence-electron chi connectivity index (χ4n) is 3.13. The summed E-state index contributed by atoms with van der Waals surface area (Å²) in [5.41, 5.74) is -0.0280. The number of nitrogens with zero attached hydrogens (tertiary/aromatic N) is 2. The fourth-order valence-corrected chi connectivity index (χ4v) is 3.13. The van der Waals surface area contributed by atoms with Gasteiger partial charge in [0.05, 0.1) is 5.69 Å². The number of amides is 1. The zero-order valence-corrected chi connectivity index (χ0v) is 16.1. The van der Waals surface area contributed by atoms with Crippen LogP contribution in [0.4, 0.5) is 4.39 Å². The minimum atomic E-state index is -0.876. The maximum absolute atomic E-state index is 13.5. The lowest BCUT2D eigenvalue weighted by Gasteiger charge is -2.11. The van der Waals surface area contributed by atoms with Crippen molar-refractivity contribution in [3.05, 3.63) is 86.4 Å². The molecule has 0 radical (unpaired) electrons. The van der Waals surface area contributed by atoms with Crippen LogP contribution in [0.3, 0.4) is 0 Å². The van der Waals surface area contributed by atoms with Gasteiger partial charge in [0, 0.05) is 18.9 Å². The highest BCUT2D eigenvalue weighted by Gasteiger charge is 2.14. The van der Waals surface area contributed by atoms with E-state index in [4.69, 9.17) is 9.47 Å². The van der Waals surface area contributed by atoms with Gasteiger partial charge in [0.15, 0.2) is 11.5 Å². The Bertz CT molecular complexity index is 1250. The number of ether oxygens (including phenoxy) is 2. The SMILES string of the molecule is Cc1ccc(F)cc1-n1ccn(CC(=O)NCc2ccc3c(c2)OCO3)c(=O)c1=O. The Balaban J connectivity index is 1.47. The predicted molar refractivity (Wildman–Crippen MR) is 105 cm³/mol. The Morgan fingerprint density at radius 2 is 1.87 bits per heavy atom. The molecule has 30 heavy (non-hydrogen) atoms. The second kappa shape index (κ2) is 7.86. The van der Waals surface area contributed by atoms with Crippen LogP contribution in [-0.4, -0.2) is 21.8 Å². The number of hydrogen-bond donors (Lipinski definition) is 1. The van der Waals surface area contributed by atoms with Crippen molar-refractivity contribution in [1.82, 2.24) is 14.5 Å². The van der Waals surface area contributed by atoms with E-state index < -0.39 is 22.8 Å². The smallest absolute Gasteiger partial charge is 0.320 e. The number of aryl methyl sites for hydroxylation is 1. The Labute approximate surface area is 170 Å². The average Bonchev–Trinajstić information content (AvgIpc) is 3.20. The number of benzene rings is 2. The minimum absolute atomic E-state index is 0.161. The number of fused-ring (bicyclic) bond motifs is 1. The van der Waals surface area contributed by atoms with Crippen LogP contribution in [0.5, 0.6) is 11.5 Å². The van der Waals surface area contributed by atoms with Crippen LogP contribution in [-0.2, 0) is 17.9 Å². The number of hydrogen-bond acceptors (Lipinski definition) is 5. The third kappa shape index (κ3) is 3.82. The molecule has 1 aliphatic rings. The molecule has 0 bridgehead atoms. The molecule has 0 fully saturated rings. The van der Waals surface area contributed by atoms with Crippen molar-refractivity contribution >= 4 is 5.91 Å². The van der Waals surface area contributed by atoms with Crippen LogP contribution in [0.15, 0.2) is 58.4 Å². The first-order valence-electron chi connectivity index (χ1n) is 9.16. The van der Waals surface area contributed by atoms with Crippen molar-refractivity contribution in [2.24, 2.45) is 0 Å². The molecule has 9 heteroatoms. The van der Waals surface area contributed by atoms with E-state index in [2.05, 4.69) is 5.32 Å². The van der Waals surface area contributed by atoms with Gasteiger partial charge in [-0.25, -0.2) is 4.39 Å². The second-order valence-corrected chi connectivity index (χ2v) is 6.80. The zero-order valence-electron chi connectivity index (χ0n) is 16.1. The topological polar surface area (TPSA) is 91.6 Å². The predicted octanol–water partition coefficient (Wildman–Crippen LogP) is 1.49. The molecule has 154 valence electrons. The van der Waals surface area contributed by atoms with Crippen LogP contribution >= 0.6 is 0 Å². The normalized spacial score (nSPS) is 12.1. The molecule has 2 aromatic carbocycles. The maximum atomic E-state index is 13.5. The van der Waals surface area contributed by atoms with E-state index in [9.17, 15) is 18.8 Å². The summed E-state index contributed by atoms with van der Waals surface area (Å²) in [5, 5.41) is 2.69. The van der Waals surface area contributed by atoms with E-state index in [1.165, 1.54) is 30.6 Å². The van der Waals surface area contributed by atoms with Gasteiger partial charge in [0.2, 0.25) is 12.7 Å². The molecule has 1 N–H and O–H groups in total. The number of nitrogens with one attached hydrogen (secondary N) is 1. The molecular formula is C21H18FN3O5. The van der Waals surface area contributed by atoms with E-state index in [1.807, 2.05) is 0 Å². The first-order chi connectivity index (χ1) is 14.4. The van der Waals surface area contributed by atoms with E-state index in [0.717, 1.165) is 14.7 Å². The van der Waals surface area contributed by atoms with Crippen LogP contribution in [0, 0.1) is 12.7 Å². The van der Waals surface area contributed by atoms with E-state index in [0.29, 0.717) is 17.1 Å². The highest BCUT2D eigenvalue weighted by atomic mass is 19.1. The van der Waals surface area contributed by atoms with Crippen molar-refractivity contribution in [2.75, 3.05) is 6.79 Å². The van der Waals surface area contributed by atoms with Crippen molar-refractivity contribution < 1.29 is 18.7 Å². The number of carbonyl (C=O) groups is 1. The van der Waals surface area contributed by atoms with Gasteiger partial charge in [0.1, 0.15) is 12.4 Å². The summed E-state index contributed by atoms with van der Waals surface area (Å²) in [5.74, 6) is 0.295. The molecule has 8 nitrogen and oxygen atoms in total. The van der Waals surface area contributed by atoms with Crippen molar-refractivity contribution in [1.29, 1.82) is 0 Å². The molecule has 1 aliphatic heterocycles. The third-order valence-electron chi connectivity index (χ3n) is 4.73. The second-order valence-electron chi connectivity index (χ2n) is 6.80. The molecule has 1 aromatic heterocycles. The minimum Gasteiger partial charge on any atom is -0.454 e. The molecule has 2 heterocycles. The summed E-state index contributed by atoms with van der Waals surface area (Å²) in [6.07, 6.45) is 2.67. The van der Waals surface area contributed by atoms with Gasteiger partial charge in [-0.05, 0) is 42.3 Å². The Morgan fingerprint density at radius 1 is 1.07 bits per heavy atom. The van der Waals surface area contributed by atoms with Gasteiger partial charge < -0.3 is 14.8 Å². The molecule has 0 unspecified atom stereocenters. The molecule has 0 aliphatic carbocycles. The standard InChI is InChI=1S/C21H18FN3O5/c1-13-2-4-15(22)9-16(13)25-7-6-24(20(27)21(25)28)11-19(26)23-10-14-3-5-17-18(8-14)30-12-29-17/h2-9H,10-12H2,1H3,(H,23,26). The van der Waals surface area contributed by atoms with E-state index in [1.54, 1.807) is 25.1 Å². The maximum Gasteiger partial charge on any atom is 0.320 e. The molecule has 4 rings (SSSR count). The zero-order chi connectivity index (χ0) is 21.3. The quantitative estimate of drug-likeness (QED) is 0.643. The van der Waals surface area contributed by atoms with Gasteiger partial charge in [-0.2, -0.15) is 0 Å². The van der Waals surface area contributed by atoms with Gasteiger partial charge in [0.25, 0.3) is 0 Å². The van der Waals surface area contributed by atoms with Crippen molar-refractivity contribution in [3.63, 3.8) is 0 Å². The molecule has 0 saturated carbocycles. The van der Waals surface area contributed by atoms with Gasteiger partial charge >= 0.3 is 11.1 Å². The van der Waals surface area contributed by atoms with Gasteiger partial charge in [-0.1, -0.05) is 12.1 Å². The molecular weight excluding hydrogens is 393 g/mol. The number of carbonyl (C=O) groups excluding carboxylic acids is 1. The van der Waals surface area contributed by atoms with Crippen LogP contribution in [0.25, 0.3) is 5.69 Å². The summed E-state index contributed by atoms with van der Waals surface area (Å²) in [4.78, 5) is 37.1. The number of halogens is 1. The lowest BCUT2D eigenvalue weighted by atomic mass is 10.2. The summed E-state index contributed by atoms with van der Waals surface area (Å²) in [6, 6.07) is 9.28. The third-order valence-corrected chi connectivity index (χ3v) is 4.73.